The monoisotopic (exact) mass is 310 g/mol. The molecule has 1 aromatic rings. The summed E-state index contributed by atoms with van der Waals surface area (Å²) in [5, 5.41) is 4.32. The minimum Gasteiger partial charge on any atom is -0.371 e. The molecule has 0 saturated heterocycles. The molecule has 2 nitrogen and oxygen atoms in total. The molecule has 0 aliphatic carbocycles. The largest absolute Gasteiger partial charge is 0.371 e. The third-order valence-corrected chi connectivity index (χ3v) is 3.54. The van der Waals surface area contributed by atoms with Crippen molar-refractivity contribution in [3.63, 3.8) is 0 Å². The van der Waals surface area contributed by atoms with E-state index in [9.17, 15) is 0 Å². The molecule has 0 aliphatic heterocycles. The molecule has 0 fully saturated rings. The molecule has 0 unspecified atom stereocenters. The molecular weight excluding hydrogens is 280 g/mol. The van der Waals surface area contributed by atoms with Crippen LogP contribution in [-0.4, -0.2) is 19.6 Å². The molecule has 21 heavy (non-hydrogen) atoms. The van der Waals surface area contributed by atoms with E-state index in [-0.39, 0.29) is 0 Å². The maximum Gasteiger partial charge on any atom is 0.0426 e. The Morgan fingerprint density at radius 2 is 1.71 bits per heavy atom. The van der Waals surface area contributed by atoms with E-state index < -0.39 is 0 Å². The molecule has 0 heterocycles. The number of benzene rings is 1. The predicted octanol–water partition coefficient (Wildman–Crippen LogP) is 4.96. The van der Waals surface area contributed by atoms with Gasteiger partial charge < -0.3 is 10.2 Å². The minimum absolute atomic E-state index is 0.638. The fourth-order valence-electron chi connectivity index (χ4n) is 2.53. The molecule has 0 bridgehead atoms. The van der Waals surface area contributed by atoms with Crippen LogP contribution in [0.1, 0.15) is 46.6 Å². The van der Waals surface area contributed by atoms with Crippen LogP contribution in [0.5, 0.6) is 0 Å². The molecule has 0 amide bonds. The van der Waals surface area contributed by atoms with Gasteiger partial charge in [-0.05, 0) is 42.5 Å². The summed E-state index contributed by atoms with van der Waals surface area (Å²) in [5.41, 5.74) is 2.63. The Balaban J connectivity index is 2.99. The summed E-state index contributed by atoms with van der Waals surface area (Å²) < 4.78 is 0. The molecule has 0 spiro atoms. The quantitative estimate of drug-likeness (QED) is 0.649. The van der Waals surface area contributed by atoms with Gasteiger partial charge in [-0.15, -0.1) is 0 Å². The summed E-state index contributed by atoms with van der Waals surface area (Å²) in [6.07, 6.45) is 1.16. The van der Waals surface area contributed by atoms with Crippen molar-refractivity contribution in [2.75, 3.05) is 24.5 Å². The maximum atomic E-state index is 6.25. The first-order chi connectivity index (χ1) is 9.93. The number of hydrogen-bond donors (Lipinski definition) is 1. The van der Waals surface area contributed by atoms with Gasteiger partial charge in [0, 0.05) is 30.3 Å². The molecule has 0 aromatic heterocycles. The van der Waals surface area contributed by atoms with Gasteiger partial charge in [-0.25, -0.2) is 0 Å². The average Bonchev–Trinajstić information content (AvgIpc) is 2.39. The van der Waals surface area contributed by atoms with E-state index in [1.807, 2.05) is 6.07 Å². The van der Waals surface area contributed by atoms with E-state index in [0.29, 0.717) is 11.8 Å². The number of nitrogens with zero attached hydrogens (tertiary/aromatic N) is 1. The second kappa shape index (κ2) is 9.32. The van der Waals surface area contributed by atoms with Crippen molar-refractivity contribution in [2.45, 2.75) is 47.6 Å². The zero-order valence-electron chi connectivity index (χ0n) is 14.2. The second-order valence-electron chi connectivity index (χ2n) is 6.64. The van der Waals surface area contributed by atoms with Crippen LogP contribution in [0.15, 0.2) is 18.2 Å². The van der Waals surface area contributed by atoms with Gasteiger partial charge in [0.05, 0.1) is 0 Å². The van der Waals surface area contributed by atoms with Gasteiger partial charge in [-0.1, -0.05) is 52.3 Å². The van der Waals surface area contributed by atoms with Gasteiger partial charge in [0.15, 0.2) is 0 Å². The molecule has 1 rings (SSSR count). The number of hydrogen-bond acceptors (Lipinski definition) is 2. The van der Waals surface area contributed by atoms with Crippen LogP contribution in [-0.2, 0) is 6.54 Å². The van der Waals surface area contributed by atoms with Gasteiger partial charge in [0.1, 0.15) is 0 Å². The molecule has 0 radical (unpaired) electrons. The lowest BCUT2D eigenvalue weighted by molar-refractivity contribution is 0.550. The van der Waals surface area contributed by atoms with Crippen molar-refractivity contribution < 1.29 is 0 Å². The van der Waals surface area contributed by atoms with Crippen LogP contribution in [0.3, 0.4) is 0 Å². The van der Waals surface area contributed by atoms with Crippen LogP contribution in [0.2, 0.25) is 5.02 Å². The zero-order chi connectivity index (χ0) is 15.8. The van der Waals surface area contributed by atoms with E-state index in [0.717, 1.165) is 37.6 Å². The third-order valence-electron chi connectivity index (χ3n) is 3.30. The van der Waals surface area contributed by atoms with E-state index in [1.54, 1.807) is 0 Å². The molecule has 3 heteroatoms. The van der Waals surface area contributed by atoms with Crippen molar-refractivity contribution in [1.82, 2.24) is 5.32 Å². The smallest absolute Gasteiger partial charge is 0.0426 e. The van der Waals surface area contributed by atoms with Crippen molar-refractivity contribution in [2.24, 2.45) is 11.8 Å². The fraction of sp³-hybridized carbons (Fsp3) is 0.667. The topological polar surface area (TPSA) is 15.3 Å². The minimum atomic E-state index is 0.638. The highest BCUT2D eigenvalue weighted by atomic mass is 35.5. The molecule has 120 valence electrons. The highest BCUT2D eigenvalue weighted by Gasteiger charge is 2.14. The first kappa shape index (κ1) is 18.3. The molecule has 0 atom stereocenters. The summed E-state index contributed by atoms with van der Waals surface area (Å²) in [6.45, 7) is 15.4. The molecular formula is C18H31ClN2. The lowest BCUT2D eigenvalue weighted by Gasteiger charge is -2.30. The first-order valence-electron chi connectivity index (χ1n) is 8.18. The average molecular weight is 311 g/mol. The molecule has 0 saturated carbocycles. The SMILES string of the molecule is CCCNCc1ccc(Cl)cc1N(CC(C)C)CC(C)C. The van der Waals surface area contributed by atoms with Crippen LogP contribution < -0.4 is 10.2 Å². The van der Waals surface area contributed by atoms with Gasteiger partial charge in [-0.3, -0.25) is 0 Å². The van der Waals surface area contributed by atoms with Crippen LogP contribution in [0, 0.1) is 11.8 Å². The van der Waals surface area contributed by atoms with Gasteiger partial charge in [-0.2, -0.15) is 0 Å². The van der Waals surface area contributed by atoms with Gasteiger partial charge in [0.2, 0.25) is 0 Å². The number of rotatable bonds is 9. The maximum absolute atomic E-state index is 6.25. The standard InChI is InChI=1S/C18H31ClN2/c1-6-9-20-11-16-7-8-17(19)10-18(16)21(12-14(2)3)13-15(4)5/h7-8,10,14-15,20H,6,9,11-13H2,1-5H3. The van der Waals surface area contributed by atoms with Crippen molar-refractivity contribution in [3.8, 4) is 0 Å². The van der Waals surface area contributed by atoms with Crippen molar-refractivity contribution in [3.05, 3.63) is 28.8 Å². The lowest BCUT2D eigenvalue weighted by atomic mass is 10.1. The fourth-order valence-corrected chi connectivity index (χ4v) is 2.70. The lowest BCUT2D eigenvalue weighted by Crippen LogP contribution is -2.32. The Kier molecular flexibility index (Phi) is 8.13. The van der Waals surface area contributed by atoms with Crippen LogP contribution in [0.25, 0.3) is 0 Å². The van der Waals surface area contributed by atoms with E-state index in [1.165, 1.54) is 11.3 Å². The Morgan fingerprint density at radius 3 is 2.24 bits per heavy atom. The highest BCUT2D eigenvalue weighted by molar-refractivity contribution is 6.30. The van der Waals surface area contributed by atoms with Gasteiger partial charge >= 0.3 is 0 Å². The van der Waals surface area contributed by atoms with Crippen LogP contribution in [0.4, 0.5) is 5.69 Å². The van der Waals surface area contributed by atoms with E-state index in [4.69, 9.17) is 11.6 Å². The number of nitrogens with one attached hydrogen (secondary N) is 1. The molecule has 0 aliphatic rings. The molecule has 1 aromatic carbocycles. The molecule has 1 N–H and O–H groups in total. The third kappa shape index (κ3) is 6.71. The van der Waals surface area contributed by atoms with Gasteiger partial charge in [0.25, 0.3) is 0 Å². The van der Waals surface area contributed by atoms with Crippen molar-refractivity contribution in [1.29, 1.82) is 0 Å². The summed E-state index contributed by atoms with van der Waals surface area (Å²) in [6, 6.07) is 6.28. The highest BCUT2D eigenvalue weighted by Crippen LogP contribution is 2.26. The van der Waals surface area contributed by atoms with E-state index in [2.05, 4.69) is 57.0 Å². The summed E-state index contributed by atoms with van der Waals surface area (Å²) in [5.74, 6) is 1.28. The number of anilines is 1. The first-order valence-corrected chi connectivity index (χ1v) is 8.55. The zero-order valence-corrected chi connectivity index (χ0v) is 15.0. The Labute approximate surface area is 135 Å². The predicted molar refractivity (Wildman–Crippen MR) is 95.3 cm³/mol. The summed E-state index contributed by atoms with van der Waals surface area (Å²) in [4.78, 5) is 2.49. The Hall–Kier alpha value is -0.730. The summed E-state index contributed by atoms with van der Waals surface area (Å²) in [7, 11) is 0. The Bertz CT molecular complexity index is 406. The van der Waals surface area contributed by atoms with Crippen molar-refractivity contribution >= 4 is 17.3 Å². The number of halogens is 1. The summed E-state index contributed by atoms with van der Waals surface area (Å²) >= 11 is 6.25. The Morgan fingerprint density at radius 1 is 1.10 bits per heavy atom. The van der Waals surface area contributed by atoms with Crippen LogP contribution >= 0.6 is 11.6 Å². The normalized spacial score (nSPS) is 11.4. The van der Waals surface area contributed by atoms with E-state index >= 15 is 0 Å². The second-order valence-corrected chi connectivity index (χ2v) is 7.08.